The van der Waals surface area contributed by atoms with Gasteiger partial charge >= 0.3 is 0 Å². The molecule has 0 rings (SSSR count). The van der Waals surface area contributed by atoms with Crippen LogP contribution in [0.1, 0.15) is 123 Å². The van der Waals surface area contributed by atoms with Crippen molar-refractivity contribution in [1.29, 1.82) is 0 Å². The number of unbranched alkanes of at least 4 members (excludes halogenated alkanes) is 15. The van der Waals surface area contributed by atoms with Crippen LogP contribution in [0.25, 0.3) is 0 Å². The molecule has 3 heteroatoms. The molecule has 1 amide bonds. The molecule has 0 radical (unpaired) electrons. The van der Waals surface area contributed by atoms with Crippen LogP contribution in [0.15, 0.2) is 0 Å². The van der Waals surface area contributed by atoms with Crippen molar-refractivity contribution in [3.8, 4) is 0 Å². The number of carbonyl (C=O) groups is 1. The minimum absolute atomic E-state index is 0.0752. The van der Waals surface area contributed by atoms with Gasteiger partial charge in [0.2, 0.25) is 5.91 Å². The van der Waals surface area contributed by atoms with E-state index in [4.69, 9.17) is 5.11 Å². The van der Waals surface area contributed by atoms with Crippen molar-refractivity contribution >= 4 is 5.91 Å². The van der Waals surface area contributed by atoms with Crippen molar-refractivity contribution in [1.82, 2.24) is 5.32 Å². The van der Waals surface area contributed by atoms with Gasteiger partial charge in [-0.05, 0) is 13.3 Å². The smallest absolute Gasteiger partial charge is 0.220 e. The fourth-order valence-electron chi connectivity index (χ4n) is 3.18. The third-order valence-electron chi connectivity index (χ3n) is 4.85. The molecule has 0 aliphatic carbocycles. The second-order valence-corrected chi connectivity index (χ2v) is 7.71. The number of aliphatic hydroxyl groups is 1. The van der Waals surface area contributed by atoms with E-state index in [0.717, 1.165) is 12.8 Å². The fraction of sp³-hybridized carbons (Fsp3) is 0.955. The molecule has 2 N–H and O–H groups in total. The Labute approximate surface area is 157 Å². The van der Waals surface area contributed by atoms with Crippen molar-refractivity contribution in [2.75, 3.05) is 6.54 Å². The Bertz CT molecular complexity index is 279. The first-order chi connectivity index (χ1) is 12.2. The monoisotopic (exact) mass is 355 g/mol. The van der Waals surface area contributed by atoms with Gasteiger partial charge in [-0.1, -0.05) is 103 Å². The summed E-state index contributed by atoms with van der Waals surface area (Å²) in [5.74, 6) is 0.0752. The molecule has 0 aromatic rings. The molecule has 0 heterocycles. The number of aliphatic hydroxyl groups excluding tert-OH is 1. The molecule has 0 aromatic heterocycles. The van der Waals surface area contributed by atoms with Gasteiger partial charge in [-0.3, -0.25) is 4.79 Å². The van der Waals surface area contributed by atoms with Gasteiger partial charge in [0.25, 0.3) is 0 Å². The van der Waals surface area contributed by atoms with E-state index in [1.807, 2.05) is 0 Å². The maximum absolute atomic E-state index is 11.5. The summed E-state index contributed by atoms with van der Waals surface area (Å²) in [6.45, 7) is 4.34. The largest absolute Gasteiger partial charge is 0.392 e. The van der Waals surface area contributed by atoms with Gasteiger partial charge in [0.1, 0.15) is 0 Å². The second-order valence-electron chi connectivity index (χ2n) is 7.71. The normalized spacial score (nSPS) is 12.3. The Kier molecular flexibility index (Phi) is 19.3. The second kappa shape index (κ2) is 19.8. The lowest BCUT2D eigenvalue weighted by Crippen LogP contribution is -2.30. The number of carbonyl (C=O) groups excluding carboxylic acids is 1. The fourth-order valence-corrected chi connectivity index (χ4v) is 3.18. The minimum Gasteiger partial charge on any atom is -0.392 e. The average molecular weight is 356 g/mol. The van der Waals surface area contributed by atoms with Gasteiger partial charge in [-0.2, -0.15) is 0 Å². The number of hydrogen-bond donors (Lipinski definition) is 2. The Morgan fingerprint density at radius 1 is 0.720 bits per heavy atom. The van der Waals surface area contributed by atoms with Crippen LogP contribution >= 0.6 is 0 Å². The zero-order valence-corrected chi connectivity index (χ0v) is 17.2. The van der Waals surface area contributed by atoms with Crippen LogP contribution < -0.4 is 5.32 Å². The highest BCUT2D eigenvalue weighted by Gasteiger charge is 2.02. The topological polar surface area (TPSA) is 49.3 Å². The quantitative estimate of drug-likeness (QED) is 0.274. The van der Waals surface area contributed by atoms with E-state index in [9.17, 15) is 4.79 Å². The highest BCUT2D eigenvalue weighted by atomic mass is 16.3. The molecule has 0 saturated carbocycles. The zero-order chi connectivity index (χ0) is 18.6. The van der Waals surface area contributed by atoms with Crippen LogP contribution in [0, 0.1) is 0 Å². The maximum Gasteiger partial charge on any atom is 0.220 e. The molecule has 0 aliphatic heterocycles. The zero-order valence-electron chi connectivity index (χ0n) is 17.2. The number of hydrogen-bond acceptors (Lipinski definition) is 2. The summed E-state index contributed by atoms with van der Waals surface area (Å²) in [6.07, 6.45) is 21.8. The Balaban J connectivity index is 3.08. The molecule has 25 heavy (non-hydrogen) atoms. The van der Waals surface area contributed by atoms with Crippen LogP contribution in [-0.4, -0.2) is 23.7 Å². The van der Waals surface area contributed by atoms with Gasteiger partial charge in [0.15, 0.2) is 0 Å². The standard InChI is InChI=1S/C22H45NO2/c1-3-4-5-6-7-8-9-10-11-12-13-14-15-16-17-18-19-22(25)23-20-21(2)24/h21,24H,3-20H2,1-2H3,(H,23,25). The highest BCUT2D eigenvalue weighted by Crippen LogP contribution is 2.13. The van der Waals surface area contributed by atoms with E-state index in [-0.39, 0.29) is 5.91 Å². The summed E-state index contributed by atoms with van der Waals surface area (Å²) in [5.41, 5.74) is 0. The third-order valence-corrected chi connectivity index (χ3v) is 4.85. The summed E-state index contributed by atoms with van der Waals surface area (Å²) in [4.78, 5) is 11.5. The Morgan fingerprint density at radius 3 is 1.44 bits per heavy atom. The summed E-state index contributed by atoms with van der Waals surface area (Å²) in [6, 6.07) is 0. The van der Waals surface area contributed by atoms with E-state index in [2.05, 4.69) is 12.2 Å². The molecule has 0 aromatic carbocycles. The van der Waals surface area contributed by atoms with Crippen molar-refractivity contribution in [3.05, 3.63) is 0 Å². The van der Waals surface area contributed by atoms with Crippen molar-refractivity contribution < 1.29 is 9.90 Å². The van der Waals surface area contributed by atoms with Gasteiger partial charge in [0.05, 0.1) is 6.10 Å². The molecule has 0 aliphatic rings. The van der Waals surface area contributed by atoms with Crippen LogP contribution in [0.3, 0.4) is 0 Å². The lowest BCUT2D eigenvalue weighted by molar-refractivity contribution is -0.121. The SMILES string of the molecule is CCCCCCCCCCCCCCCCCCC(=O)NCC(C)O. The molecule has 0 saturated heterocycles. The number of amides is 1. The Hall–Kier alpha value is -0.570. The van der Waals surface area contributed by atoms with Crippen LogP contribution in [0.5, 0.6) is 0 Å². The molecule has 3 nitrogen and oxygen atoms in total. The lowest BCUT2D eigenvalue weighted by Gasteiger charge is -2.07. The van der Waals surface area contributed by atoms with Crippen LogP contribution in [0.4, 0.5) is 0 Å². The third kappa shape index (κ3) is 21.4. The summed E-state index contributed by atoms with van der Waals surface area (Å²) in [7, 11) is 0. The Morgan fingerprint density at radius 2 is 1.08 bits per heavy atom. The predicted octanol–water partition coefficient (Wildman–Crippen LogP) is 6.14. The van der Waals surface area contributed by atoms with E-state index in [1.165, 1.54) is 89.9 Å². The van der Waals surface area contributed by atoms with Gasteiger partial charge < -0.3 is 10.4 Å². The highest BCUT2D eigenvalue weighted by molar-refractivity contribution is 5.75. The van der Waals surface area contributed by atoms with Crippen molar-refractivity contribution in [3.63, 3.8) is 0 Å². The molecule has 150 valence electrons. The van der Waals surface area contributed by atoms with Crippen molar-refractivity contribution in [2.24, 2.45) is 0 Å². The van der Waals surface area contributed by atoms with Crippen molar-refractivity contribution in [2.45, 2.75) is 129 Å². The first-order valence-corrected chi connectivity index (χ1v) is 11.1. The number of nitrogens with one attached hydrogen (secondary N) is 1. The first-order valence-electron chi connectivity index (χ1n) is 11.1. The average Bonchev–Trinajstić information content (AvgIpc) is 2.59. The van der Waals surface area contributed by atoms with E-state index >= 15 is 0 Å². The summed E-state index contributed by atoms with van der Waals surface area (Å²) in [5, 5.41) is 11.8. The molecule has 0 bridgehead atoms. The summed E-state index contributed by atoms with van der Waals surface area (Å²) < 4.78 is 0. The van der Waals surface area contributed by atoms with E-state index in [0.29, 0.717) is 13.0 Å². The van der Waals surface area contributed by atoms with E-state index < -0.39 is 6.10 Å². The predicted molar refractivity (Wildman–Crippen MR) is 109 cm³/mol. The first kappa shape index (κ1) is 24.4. The van der Waals surface area contributed by atoms with Gasteiger partial charge in [-0.25, -0.2) is 0 Å². The molecule has 1 atom stereocenters. The molecule has 0 fully saturated rings. The summed E-state index contributed by atoms with van der Waals surface area (Å²) >= 11 is 0. The van der Waals surface area contributed by atoms with Gasteiger partial charge in [-0.15, -0.1) is 0 Å². The molecular weight excluding hydrogens is 310 g/mol. The van der Waals surface area contributed by atoms with Crippen LogP contribution in [-0.2, 0) is 4.79 Å². The molecular formula is C22H45NO2. The lowest BCUT2D eigenvalue weighted by atomic mass is 10.0. The maximum atomic E-state index is 11.5. The minimum atomic E-state index is -0.449. The van der Waals surface area contributed by atoms with Gasteiger partial charge in [0, 0.05) is 13.0 Å². The molecule has 0 spiro atoms. The van der Waals surface area contributed by atoms with E-state index in [1.54, 1.807) is 6.92 Å². The van der Waals surface area contributed by atoms with Crippen LogP contribution in [0.2, 0.25) is 0 Å². The number of rotatable bonds is 19. The molecule has 1 unspecified atom stereocenters.